The van der Waals surface area contributed by atoms with Crippen LogP contribution in [0.4, 0.5) is 0 Å². The molecular weight excluding hydrogens is 626 g/mol. The third kappa shape index (κ3) is 7.54. The number of nitrogens with zero attached hydrogens (tertiary/aromatic N) is 1. The molecule has 3 aromatic carbocycles. The van der Waals surface area contributed by atoms with Crippen molar-refractivity contribution in [2.45, 2.75) is 35.5 Å². The highest BCUT2D eigenvalue weighted by Crippen LogP contribution is 2.36. The van der Waals surface area contributed by atoms with E-state index in [1.807, 2.05) is 0 Å². The van der Waals surface area contributed by atoms with E-state index in [0.717, 1.165) is 24.3 Å². The molecule has 4 aromatic rings. The molecule has 226 valence electrons. The Hall–Kier alpha value is -4.35. The van der Waals surface area contributed by atoms with Crippen molar-refractivity contribution in [1.82, 2.24) is 4.98 Å². The number of aromatic hydroxyl groups is 3. The number of hydrogen-bond donors (Lipinski definition) is 5. The molecule has 0 spiro atoms. The molecule has 1 aliphatic heterocycles. The quantitative estimate of drug-likeness (QED) is 0.173. The van der Waals surface area contributed by atoms with Gasteiger partial charge in [0, 0.05) is 59.3 Å². The zero-order chi connectivity index (χ0) is 31.7. The van der Waals surface area contributed by atoms with Gasteiger partial charge >= 0.3 is 10.6 Å². The van der Waals surface area contributed by atoms with Gasteiger partial charge in [-0.3, -0.25) is 14.1 Å². The molecule has 0 fully saturated rings. The van der Waals surface area contributed by atoms with Crippen LogP contribution in [0, 0.1) is 0 Å². The van der Waals surface area contributed by atoms with Crippen molar-refractivity contribution in [1.29, 1.82) is 0 Å². The monoisotopic (exact) mass is 649 g/mol. The van der Waals surface area contributed by atoms with E-state index in [2.05, 4.69) is 4.98 Å². The first-order valence-corrected chi connectivity index (χ1v) is 16.1. The lowest BCUT2D eigenvalue weighted by Crippen LogP contribution is -2.06. The minimum absolute atomic E-state index is 0.0235. The molecule has 1 aliphatic rings. The van der Waals surface area contributed by atoms with Gasteiger partial charge in [-0.15, -0.1) is 12.6 Å². The van der Waals surface area contributed by atoms with E-state index in [4.69, 9.17) is 12.6 Å². The molecule has 0 unspecified atom stereocenters. The topological polar surface area (TPSA) is 234 Å². The molecule has 0 saturated carbocycles. The fraction of sp³-hybridized carbons (Fsp3) is 0.148. The minimum Gasteiger partial charge on any atom is -0.507 e. The smallest absolute Gasteiger partial charge is 0.425 e. The predicted molar refractivity (Wildman–Crippen MR) is 149 cm³/mol. The van der Waals surface area contributed by atoms with E-state index < -0.39 is 40.6 Å². The van der Waals surface area contributed by atoms with Gasteiger partial charge in [-0.1, -0.05) is 24.3 Å². The van der Waals surface area contributed by atoms with Crippen LogP contribution in [0.3, 0.4) is 0 Å². The van der Waals surface area contributed by atoms with Gasteiger partial charge in [-0.25, -0.2) is 0 Å². The number of aromatic nitrogens is 1. The maximum Gasteiger partial charge on any atom is 0.425 e. The van der Waals surface area contributed by atoms with Crippen LogP contribution < -0.4 is 0 Å². The summed E-state index contributed by atoms with van der Waals surface area (Å²) in [6.07, 6.45) is -0.274. The maximum atomic E-state index is 12.0. The second kappa shape index (κ2) is 12.1. The van der Waals surface area contributed by atoms with E-state index in [1.165, 1.54) is 0 Å². The molecule has 2 heterocycles. The Balaban J connectivity index is 0.000000996. The number of rotatable bonds is 2. The van der Waals surface area contributed by atoms with Crippen LogP contribution in [0.2, 0.25) is 0 Å². The first-order chi connectivity index (χ1) is 20.0. The Bertz CT molecular complexity index is 1940. The van der Waals surface area contributed by atoms with Gasteiger partial charge in [0.15, 0.2) is 0 Å². The summed E-state index contributed by atoms with van der Waals surface area (Å²) >= 11 is 0. The van der Waals surface area contributed by atoms with Gasteiger partial charge in [-0.2, -0.15) is 16.8 Å². The summed E-state index contributed by atoms with van der Waals surface area (Å²) < 4.78 is 92.9. The highest BCUT2D eigenvalue weighted by atomic mass is 32.2. The first kappa shape index (κ1) is 31.6. The van der Waals surface area contributed by atoms with Crippen molar-refractivity contribution >= 4 is 30.8 Å². The van der Waals surface area contributed by atoms with Crippen molar-refractivity contribution in [2.24, 2.45) is 0 Å². The average molecular weight is 650 g/mol. The molecule has 0 radical (unpaired) electrons. The third-order valence-corrected chi connectivity index (χ3v) is 8.31. The van der Waals surface area contributed by atoms with E-state index in [-0.39, 0.29) is 65.2 Å². The number of pyridine rings is 1. The van der Waals surface area contributed by atoms with Gasteiger partial charge in [0.25, 0.3) is 20.2 Å². The van der Waals surface area contributed by atoms with Gasteiger partial charge in [0.2, 0.25) is 0 Å². The standard InChI is InChI=1S/C27H23NO9S2.O3S/c29-25-15-3-1-4-16(25)8-18-12-24(39(35,36)37)14-20(27(18)31)10-22-6-2-5-21(28-22)9-19-13-23(38(32,33)34)11-17(7-15)26(19)30;1-4(2)3/h1-6,11-14,29-31H,7-10H2,(H,32,33,34)(H,35,36,37);. The summed E-state index contributed by atoms with van der Waals surface area (Å²) in [6.45, 7) is 0. The molecule has 5 rings (SSSR count). The van der Waals surface area contributed by atoms with Crippen LogP contribution in [0.15, 0.2) is 70.5 Å². The number of fused-ring (bicyclic) bond motifs is 8. The summed E-state index contributed by atoms with van der Waals surface area (Å²) in [6, 6.07) is 14.2. The van der Waals surface area contributed by atoms with Crippen molar-refractivity contribution in [2.75, 3.05) is 0 Å². The lowest BCUT2D eigenvalue weighted by molar-refractivity contribution is 0.453. The third-order valence-electron chi connectivity index (χ3n) is 6.65. The lowest BCUT2D eigenvalue weighted by Gasteiger charge is -2.17. The molecule has 0 atom stereocenters. The normalized spacial score (nSPS) is 13.0. The fourth-order valence-electron chi connectivity index (χ4n) is 4.75. The number of hydrogen-bond acceptors (Lipinski definition) is 11. The first-order valence-electron chi connectivity index (χ1n) is 12.2. The maximum absolute atomic E-state index is 12.0. The predicted octanol–water partition coefficient (Wildman–Crippen LogP) is 2.36. The van der Waals surface area contributed by atoms with Crippen LogP contribution in [0.1, 0.15) is 44.8 Å². The Morgan fingerprint density at radius 3 is 1.19 bits per heavy atom. The highest BCUT2D eigenvalue weighted by molar-refractivity contribution is 7.86. The van der Waals surface area contributed by atoms with E-state index in [9.17, 15) is 41.3 Å². The lowest BCUT2D eigenvalue weighted by atomic mass is 9.94. The van der Waals surface area contributed by atoms with Gasteiger partial charge in [-0.05, 0) is 47.5 Å². The molecule has 5 N–H and O–H groups in total. The fourth-order valence-corrected chi connectivity index (χ4v) is 5.91. The van der Waals surface area contributed by atoms with Gasteiger partial charge in [0.05, 0.1) is 9.79 Å². The SMILES string of the molecule is O=S(=O)(O)c1cc2c(O)c(c1)Cc1cccc(c1O)Cc1cc(S(=O)(=O)O)cc(c1O)Cc1cccc(n1)C2.O=S(=O)=O. The van der Waals surface area contributed by atoms with Crippen molar-refractivity contribution in [3.05, 3.63) is 105 Å². The Kier molecular flexibility index (Phi) is 8.89. The molecule has 16 heteroatoms. The number of para-hydroxylation sites is 1. The summed E-state index contributed by atoms with van der Waals surface area (Å²) in [5.41, 5.74) is 2.06. The van der Waals surface area contributed by atoms with Gasteiger partial charge in [0.1, 0.15) is 17.2 Å². The van der Waals surface area contributed by atoms with Crippen molar-refractivity contribution in [3.8, 4) is 17.2 Å². The van der Waals surface area contributed by atoms with Crippen LogP contribution in [0.25, 0.3) is 0 Å². The highest BCUT2D eigenvalue weighted by Gasteiger charge is 2.22. The Morgan fingerprint density at radius 2 is 0.837 bits per heavy atom. The molecule has 13 nitrogen and oxygen atoms in total. The Morgan fingerprint density at radius 1 is 0.535 bits per heavy atom. The molecular formula is C27H23NO12S3. The van der Waals surface area contributed by atoms with Crippen LogP contribution in [-0.4, -0.2) is 58.9 Å². The zero-order valence-corrected chi connectivity index (χ0v) is 24.3. The van der Waals surface area contributed by atoms with Gasteiger partial charge < -0.3 is 15.3 Å². The molecule has 8 bridgehead atoms. The number of phenols is 3. The van der Waals surface area contributed by atoms with Crippen LogP contribution >= 0.6 is 0 Å². The minimum atomic E-state index is -4.62. The van der Waals surface area contributed by atoms with Crippen LogP contribution in [0.5, 0.6) is 17.2 Å². The van der Waals surface area contributed by atoms with Crippen molar-refractivity contribution in [3.63, 3.8) is 0 Å². The molecule has 1 aromatic heterocycles. The van der Waals surface area contributed by atoms with Crippen LogP contribution in [-0.2, 0) is 56.5 Å². The second-order valence-electron chi connectivity index (χ2n) is 9.59. The second-order valence-corrected chi connectivity index (χ2v) is 12.8. The molecule has 0 saturated heterocycles. The van der Waals surface area contributed by atoms with E-state index in [0.29, 0.717) is 22.5 Å². The van der Waals surface area contributed by atoms with Crippen molar-refractivity contribution < 1.29 is 53.9 Å². The summed E-state index contributed by atoms with van der Waals surface area (Å²) in [5, 5.41) is 33.2. The number of benzene rings is 3. The Labute approximate surface area is 247 Å². The summed E-state index contributed by atoms with van der Waals surface area (Å²) in [7, 11) is -12.4. The van der Waals surface area contributed by atoms with E-state index in [1.54, 1.807) is 36.4 Å². The molecule has 0 aliphatic carbocycles. The average Bonchev–Trinajstić information content (AvgIpc) is 2.89. The summed E-state index contributed by atoms with van der Waals surface area (Å²) in [5.74, 6) is -0.646. The zero-order valence-electron chi connectivity index (χ0n) is 21.9. The largest absolute Gasteiger partial charge is 0.507 e. The summed E-state index contributed by atoms with van der Waals surface area (Å²) in [4.78, 5) is 3.68. The molecule has 43 heavy (non-hydrogen) atoms. The number of phenolic OH excluding ortho intramolecular Hbond substituents is 3. The van der Waals surface area contributed by atoms with E-state index >= 15 is 0 Å². The molecule has 0 amide bonds.